The highest BCUT2D eigenvalue weighted by atomic mass is 16.4. The summed E-state index contributed by atoms with van der Waals surface area (Å²) in [5.74, 6) is -0.918. The third-order valence-electron chi connectivity index (χ3n) is 2.91. The van der Waals surface area contributed by atoms with E-state index >= 15 is 0 Å². The molecule has 0 aliphatic heterocycles. The topological polar surface area (TPSA) is 49.3 Å². The molecule has 0 saturated carbocycles. The van der Waals surface area contributed by atoms with Crippen LogP contribution in [0, 0.1) is 0 Å². The van der Waals surface area contributed by atoms with Gasteiger partial charge in [0.2, 0.25) is 0 Å². The van der Waals surface area contributed by atoms with Crippen molar-refractivity contribution in [3.63, 3.8) is 0 Å². The lowest BCUT2D eigenvalue weighted by Crippen LogP contribution is -2.13. The Bertz CT molecular complexity index is 574. The molecule has 2 N–H and O–H groups in total. The number of hydrogen-bond donors (Lipinski definition) is 2. The molecule has 3 nitrogen and oxygen atoms in total. The van der Waals surface area contributed by atoms with Gasteiger partial charge in [0.1, 0.15) is 0 Å². The number of carbonyl (C=O) groups is 1. The van der Waals surface area contributed by atoms with Crippen molar-refractivity contribution in [3.05, 3.63) is 72.3 Å². The Kier molecular flexibility index (Phi) is 5.09. The maximum atomic E-state index is 10.3. The van der Waals surface area contributed by atoms with Gasteiger partial charge in [-0.25, -0.2) is 4.79 Å². The first kappa shape index (κ1) is 14.0. The summed E-state index contributed by atoms with van der Waals surface area (Å²) in [6.07, 6.45) is 2.74. The second-order valence-corrected chi connectivity index (χ2v) is 4.43. The molecular weight excluding hydrogens is 250 g/mol. The van der Waals surface area contributed by atoms with E-state index in [4.69, 9.17) is 5.11 Å². The highest BCUT2D eigenvalue weighted by molar-refractivity contribution is 5.79. The van der Waals surface area contributed by atoms with E-state index in [0.29, 0.717) is 6.54 Å². The Labute approximate surface area is 118 Å². The molecular formula is C17H17NO2. The minimum Gasteiger partial charge on any atom is -0.478 e. The number of nitrogens with one attached hydrogen (secondary N) is 1. The Hall–Kier alpha value is -2.39. The summed E-state index contributed by atoms with van der Waals surface area (Å²) < 4.78 is 0. The Morgan fingerprint density at radius 3 is 2.30 bits per heavy atom. The zero-order valence-electron chi connectivity index (χ0n) is 11.1. The number of rotatable bonds is 6. The zero-order valence-corrected chi connectivity index (χ0v) is 11.1. The lowest BCUT2D eigenvalue weighted by Gasteiger charge is -2.05. The molecule has 0 saturated heterocycles. The summed E-state index contributed by atoms with van der Waals surface area (Å²) in [6.45, 7) is 1.27. The summed E-state index contributed by atoms with van der Waals surface area (Å²) in [5, 5.41) is 11.6. The van der Waals surface area contributed by atoms with Crippen LogP contribution in [0.5, 0.6) is 0 Å². The molecule has 2 aromatic rings. The number of aliphatic carboxylic acids is 1. The van der Waals surface area contributed by atoms with Crippen LogP contribution in [0.4, 0.5) is 0 Å². The Balaban J connectivity index is 1.88. The van der Waals surface area contributed by atoms with Crippen molar-refractivity contribution < 1.29 is 9.90 Å². The highest BCUT2D eigenvalue weighted by Crippen LogP contribution is 2.19. The smallest absolute Gasteiger partial charge is 0.328 e. The van der Waals surface area contributed by atoms with Gasteiger partial charge in [0, 0.05) is 19.2 Å². The van der Waals surface area contributed by atoms with Crippen LogP contribution in [-0.4, -0.2) is 17.6 Å². The van der Waals surface area contributed by atoms with Gasteiger partial charge >= 0.3 is 5.97 Å². The molecule has 0 bridgehead atoms. The fourth-order valence-electron chi connectivity index (χ4n) is 1.91. The molecule has 0 spiro atoms. The maximum absolute atomic E-state index is 10.3. The van der Waals surface area contributed by atoms with E-state index in [1.54, 1.807) is 6.08 Å². The fourth-order valence-corrected chi connectivity index (χ4v) is 1.91. The van der Waals surface area contributed by atoms with Crippen LogP contribution in [-0.2, 0) is 11.3 Å². The Morgan fingerprint density at radius 2 is 1.65 bits per heavy atom. The molecule has 0 unspecified atom stereocenters. The zero-order chi connectivity index (χ0) is 14.2. The molecule has 0 fully saturated rings. The van der Waals surface area contributed by atoms with Crippen LogP contribution in [0.1, 0.15) is 5.56 Å². The van der Waals surface area contributed by atoms with Crippen LogP contribution in [0.3, 0.4) is 0 Å². The molecule has 2 rings (SSSR count). The molecule has 0 atom stereocenters. The van der Waals surface area contributed by atoms with Gasteiger partial charge in [-0.1, -0.05) is 60.7 Å². The summed E-state index contributed by atoms with van der Waals surface area (Å²) in [5.41, 5.74) is 3.57. The van der Waals surface area contributed by atoms with Crippen molar-refractivity contribution in [2.75, 3.05) is 6.54 Å². The van der Waals surface area contributed by atoms with Gasteiger partial charge in [0.05, 0.1) is 0 Å². The van der Waals surface area contributed by atoms with Gasteiger partial charge in [-0.3, -0.25) is 0 Å². The van der Waals surface area contributed by atoms with Gasteiger partial charge in [0.25, 0.3) is 0 Å². The number of carboxylic acids is 1. The van der Waals surface area contributed by atoms with Gasteiger partial charge in [0.15, 0.2) is 0 Å². The summed E-state index contributed by atoms with van der Waals surface area (Å²) in [6, 6.07) is 18.6. The van der Waals surface area contributed by atoms with E-state index in [1.165, 1.54) is 16.7 Å². The van der Waals surface area contributed by atoms with Gasteiger partial charge < -0.3 is 10.4 Å². The number of carboxylic acid groups (broad SMARTS) is 1. The monoisotopic (exact) mass is 267 g/mol. The second-order valence-electron chi connectivity index (χ2n) is 4.43. The molecule has 0 amide bonds. The van der Waals surface area contributed by atoms with E-state index in [2.05, 4.69) is 41.7 Å². The van der Waals surface area contributed by atoms with Crippen molar-refractivity contribution >= 4 is 5.97 Å². The molecule has 0 heterocycles. The van der Waals surface area contributed by atoms with E-state index in [9.17, 15) is 4.79 Å². The molecule has 0 aliphatic rings. The van der Waals surface area contributed by atoms with Crippen molar-refractivity contribution in [1.82, 2.24) is 5.32 Å². The average Bonchev–Trinajstić information content (AvgIpc) is 2.48. The standard InChI is InChI=1S/C17H17NO2/c19-17(20)7-4-12-18-13-14-8-10-16(11-9-14)15-5-2-1-3-6-15/h1-11,18H,12-13H2,(H,19,20)/b7-4+. The predicted molar refractivity (Wildman–Crippen MR) is 80.4 cm³/mol. The van der Waals surface area contributed by atoms with E-state index in [1.807, 2.05) is 18.2 Å². The first-order chi connectivity index (χ1) is 9.75. The minimum absolute atomic E-state index is 0.548. The molecule has 0 aromatic heterocycles. The van der Waals surface area contributed by atoms with E-state index < -0.39 is 5.97 Å². The lowest BCUT2D eigenvalue weighted by molar-refractivity contribution is -0.131. The van der Waals surface area contributed by atoms with Crippen LogP contribution >= 0.6 is 0 Å². The molecule has 2 aromatic carbocycles. The van der Waals surface area contributed by atoms with Crippen molar-refractivity contribution in [2.45, 2.75) is 6.54 Å². The molecule has 102 valence electrons. The Morgan fingerprint density at radius 1 is 1.00 bits per heavy atom. The molecule has 3 heteroatoms. The van der Waals surface area contributed by atoms with Crippen molar-refractivity contribution in [2.24, 2.45) is 0 Å². The molecule has 20 heavy (non-hydrogen) atoms. The molecule has 0 aliphatic carbocycles. The fraction of sp³-hybridized carbons (Fsp3) is 0.118. The van der Waals surface area contributed by atoms with E-state index in [0.717, 1.165) is 12.6 Å². The largest absolute Gasteiger partial charge is 0.478 e. The quantitative estimate of drug-likeness (QED) is 0.624. The third kappa shape index (κ3) is 4.37. The van der Waals surface area contributed by atoms with E-state index in [-0.39, 0.29) is 0 Å². The highest BCUT2D eigenvalue weighted by Gasteiger charge is 1.97. The van der Waals surface area contributed by atoms with Crippen molar-refractivity contribution in [3.8, 4) is 11.1 Å². The first-order valence-electron chi connectivity index (χ1n) is 6.50. The van der Waals surface area contributed by atoms with Crippen LogP contribution in [0.25, 0.3) is 11.1 Å². The lowest BCUT2D eigenvalue weighted by atomic mass is 10.0. The molecule has 0 radical (unpaired) electrons. The first-order valence-corrected chi connectivity index (χ1v) is 6.50. The average molecular weight is 267 g/mol. The SMILES string of the molecule is O=C(O)/C=C/CNCc1ccc(-c2ccccc2)cc1. The van der Waals surface area contributed by atoms with Crippen molar-refractivity contribution in [1.29, 1.82) is 0 Å². The summed E-state index contributed by atoms with van der Waals surface area (Å²) in [4.78, 5) is 10.3. The predicted octanol–water partition coefficient (Wildman–Crippen LogP) is 3.08. The van der Waals surface area contributed by atoms with Crippen LogP contribution in [0.2, 0.25) is 0 Å². The summed E-state index contributed by atoms with van der Waals surface area (Å²) >= 11 is 0. The number of hydrogen-bond acceptors (Lipinski definition) is 2. The van der Waals surface area contributed by atoms with Gasteiger partial charge in [-0.15, -0.1) is 0 Å². The second kappa shape index (κ2) is 7.26. The van der Waals surface area contributed by atoms with Crippen LogP contribution in [0.15, 0.2) is 66.7 Å². The van der Waals surface area contributed by atoms with Gasteiger partial charge in [-0.05, 0) is 16.7 Å². The summed E-state index contributed by atoms with van der Waals surface area (Å²) in [7, 11) is 0. The number of benzene rings is 2. The normalized spacial score (nSPS) is 10.8. The minimum atomic E-state index is -0.918. The maximum Gasteiger partial charge on any atom is 0.328 e. The third-order valence-corrected chi connectivity index (χ3v) is 2.91. The van der Waals surface area contributed by atoms with Gasteiger partial charge in [-0.2, -0.15) is 0 Å². The van der Waals surface area contributed by atoms with Crippen LogP contribution < -0.4 is 5.32 Å².